The molecule has 0 atom stereocenters. The molecule has 0 fully saturated rings. The maximum atomic E-state index is 5.26. The summed E-state index contributed by atoms with van der Waals surface area (Å²) in [5.74, 6) is 0.451. The molecule has 0 bridgehead atoms. The Hall–Kier alpha value is -1.91. The number of hydrogen-bond acceptors (Lipinski definition) is 4. The van der Waals surface area contributed by atoms with Crippen molar-refractivity contribution in [3.63, 3.8) is 0 Å². The van der Waals surface area contributed by atoms with Gasteiger partial charge in [0.25, 0.3) is 0 Å². The fourth-order valence-electron chi connectivity index (χ4n) is 1.56. The van der Waals surface area contributed by atoms with Crippen LogP contribution in [0.5, 0.6) is 0 Å². The molecule has 5 nitrogen and oxygen atoms in total. The van der Waals surface area contributed by atoms with Gasteiger partial charge in [0.2, 0.25) is 5.69 Å². The first kappa shape index (κ1) is 10.3. The molecule has 0 spiro atoms. The van der Waals surface area contributed by atoms with Crippen molar-refractivity contribution >= 4 is 38.8 Å². The number of ether oxygens (including phenoxy) is 2. The molecule has 6 heteroatoms. The summed E-state index contributed by atoms with van der Waals surface area (Å²) in [4.78, 5) is 8.36. The molecule has 0 N–H and O–H groups in total. The molecule has 0 saturated heterocycles. The van der Waals surface area contributed by atoms with E-state index in [4.69, 9.17) is 9.47 Å². The normalized spacial score (nSPS) is 13.5. The Labute approximate surface area is 105 Å². The van der Waals surface area contributed by atoms with Gasteiger partial charge in [-0.05, 0) is 18.2 Å². The maximum Gasteiger partial charge on any atom is 0.691 e. The lowest BCUT2D eigenvalue weighted by Gasteiger charge is -2.03. The lowest BCUT2D eigenvalue weighted by Crippen LogP contribution is -2.30. The Bertz CT molecular complexity index is 677. The molecule has 1 aromatic heterocycles. The second-order valence-electron chi connectivity index (χ2n) is 3.37. The highest BCUT2D eigenvalue weighted by molar-refractivity contribution is 9.10. The van der Waals surface area contributed by atoms with Crippen LogP contribution in [-0.4, -0.2) is 29.1 Å². The first-order valence-electron chi connectivity index (χ1n) is 4.86. The molecule has 0 unspecified atom stereocenters. The zero-order valence-corrected chi connectivity index (χ0v) is 10.4. The van der Waals surface area contributed by atoms with Gasteiger partial charge in [-0.15, -0.1) is 0 Å². The summed E-state index contributed by atoms with van der Waals surface area (Å²) in [6, 6.07) is 5.77. The second-order valence-corrected chi connectivity index (χ2v) is 4.29. The van der Waals surface area contributed by atoms with Gasteiger partial charge in [0.05, 0.1) is 12.6 Å². The van der Waals surface area contributed by atoms with E-state index in [0.29, 0.717) is 11.6 Å². The molecular weight excluding hydrogens is 286 g/mol. The molecule has 84 valence electrons. The number of nitrogens with zero attached hydrogens (tertiary/aromatic N) is 3. The minimum atomic E-state index is 0.252. The van der Waals surface area contributed by atoms with Crippen molar-refractivity contribution < 1.29 is 9.47 Å². The van der Waals surface area contributed by atoms with Gasteiger partial charge in [0, 0.05) is 14.5 Å². The van der Waals surface area contributed by atoms with Crippen LogP contribution in [-0.2, 0) is 9.47 Å². The van der Waals surface area contributed by atoms with Crippen LogP contribution in [0.25, 0.3) is 10.9 Å². The third-order valence-corrected chi connectivity index (χ3v) is 2.84. The zero-order valence-electron chi connectivity index (χ0n) is 8.85. The van der Waals surface area contributed by atoms with Crippen molar-refractivity contribution in [3.05, 3.63) is 34.7 Å². The zero-order chi connectivity index (χ0) is 11.8. The number of aromatic nitrogens is 2. The molecule has 1 aliphatic heterocycles. The van der Waals surface area contributed by atoms with E-state index in [-0.39, 0.29) is 6.08 Å². The smallest absolute Gasteiger partial charge is 0.404 e. The summed E-state index contributed by atoms with van der Waals surface area (Å²) < 4.78 is 15.1. The number of rotatable bonds is 1. The minimum absolute atomic E-state index is 0.252. The van der Waals surface area contributed by atoms with E-state index in [1.54, 1.807) is 0 Å². The Morgan fingerprint density at radius 3 is 2.94 bits per heavy atom. The third kappa shape index (κ3) is 1.67. The summed E-state index contributed by atoms with van der Waals surface area (Å²) in [7, 11) is 1.50. The van der Waals surface area contributed by atoms with Gasteiger partial charge in [0.1, 0.15) is 6.33 Å². The van der Waals surface area contributed by atoms with E-state index in [9.17, 15) is 0 Å². The maximum absolute atomic E-state index is 5.26. The van der Waals surface area contributed by atoms with Crippen LogP contribution >= 0.6 is 15.9 Å². The molecule has 2 aromatic rings. The lowest BCUT2D eigenvalue weighted by atomic mass is 10.2. The van der Waals surface area contributed by atoms with Crippen LogP contribution in [0.2, 0.25) is 0 Å². The first-order chi connectivity index (χ1) is 8.28. The van der Waals surface area contributed by atoms with Crippen molar-refractivity contribution in [3.8, 4) is 0 Å². The van der Waals surface area contributed by atoms with E-state index in [1.165, 1.54) is 13.4 Å². The quantitative estimate of drug-likeness (QED) is 0.742. The number of halogens is 1. The number of methoxy groups -OCH3 is 1. The predicted molar refractivity (Wildman–Crippen MR) is 66.6 cm³/mol. The summed E-state index contributed by atoms with van der Waals surface area (Å²) in [6.45, 7) is 0. The van der Waals surface area contributed by atoms with E-state index in [1.807, 2.05) is 18.2 Å². The van der Waals surface area contributed by atoms with Crippen LogP contribution in [0.3, 0.4) is 0 Å². The second kappa shape index (κ2) is 3.84. The van der Waals surface area contributed by atoms with Crippen molar-refractivity contribution in [2.75, 3.05) is 7.11 Å². The van der Waals surface area contributed by atoms with Crippen molar-refractivity contribution in [2.24, 2.45) is 0 Å². The standard InChI is InChI=1S/C11H7BrN3O2/c1-16-11-15-10(17-11)9-7-4-6(12)2-3-8(7)13-5-14-9/h2-5H,1H3/q+1. The monoisotopic (exact) mass is 292 g/mol. The minimum Gasteiger partial charge on any atom is -0.404 e. The van der Waals surface area contributed by atoms with Crippen LogP contribution in [0, 0.1) is 0 Å². The van der Waals surface area contributed by atoms with E-state index >= 15 is 0 Å². The molecular formula is C11H7BrN3O2+. The molecule has 0 saturated carbocycles. The number of fused-ring (bicyclic) bond motifs is 1. The van der Waals surface area contributed by atoms with Gasteiger partial charge in [-0.2, -0.15) is 0 Å². The number of hydrogen-bond donors (Lipinski definition) is 0. The van der Waals surface area contributed by atoms with Crippen LogP contribution in [0.1, 0.15) is 5.69 Å². The Balaban J connectivity index is 2.24. The van der Waals surface area contributed by atoms with Gasteiger partial charge in [0.15, 0.2) is 0 Å². The summed E-state index contributed by atoms with van der Waals surface area (Å²) in [5.41, 5.74) is 1.51. The molecule has 1 aromatic carbocycles. The lowest BCUT2D eigenvalue weighted by molar-refractivity contribution is 0.274. The van der Waals surface area contributed by atoms with Crippen molar-refractivity contribution in [1.29, 1.82) is 0 Å². The van der Waals surface area contributed by atoms with Crippen molar-refractivity contribution in [1.82, 2.24) is 14.6 Å². The fraction of sp³-hybridized carbons (Fsp3) is 0.0909. The van der Waals surface area contributed by atoms with Crippen LogP contribution < -0.4 is 4.67 Å². The molecule has 3 rings (SSSR count). The van der Waals surface area contributed by atoms with Gasteiger partial charge in [-0.1, -0.05) is 15.9 Å². The van der Waals surface area contributed by atoms with Gasteiger partial charge in [-0.25, -0.2) is 9.97 Å². The van der Waals surface area contributed by atoms with E-state index in [0.717, 1.165) is 15.4 Å². The Morgan fingerprint density at radius 1 is 1.35 bits per heavy atom. The highest BCUT2D eigenvalue weighted by atomic mass is 79.9. The average Bonchev–Trinajstić information content (AvgIpc) is 2.28. The molecule has 0 aliphatic carbocycles. The molecule has 2 heterocycles. The first-order valence-corrected chi connectivity index (χ1v) is 5.65. The molecule has 0 amide bonds. The summed E-state index contributed by atoms with van der Waals surface area (Å²) in [6.07, 6.45) is 1.74. The summed E-state index contributed by atoms with van der Waals surface area (Å²) >= 11 is 3.42. The van der Waals surface area contributed by atoms with Crippen LogP contribution in [0.4, 0.5) is 0 Å². The average molecular weight is 293 g/mol. The Morgan fingerprint density at radius 2 is 2.18 bits per heavy atom. The van der Waals surface area contributed by atoms with E-state index in [2.05, 4.69) is 30.6 Å². The molecule has 0 radical (unpaired) electrons. The SMILES string of the molecule is COC1=[N+]=C(c2ncnc3ccc(Br)cc23)O1. The topological polar surface area (TPSA) is 58.3 Å². The summed E-state index contributed by atoms with van der Waals surface area (Å²) in [5, 5.41) is 0.885. The highest BCUT2D eigenvalue weighted by Crippen LogP contribution is 2.21. The van der Waals surface area contributed by atoms with Crippen LogP contribution in [0.15, 0.2) is 29.0 Å². The van der Waals surface area contributed by atoms with Gasteiger partial charge in [-0.3, -0.25) is 4.74 Å². The predicted octanol–water partition coefficient (Wildman–Crippen LogP) is 1.24. The Kier molecular flexibility index (Phi) is 2.31. The third-order valence-electron chi connectivity index (χ3n) is 2.35. The van der Waals surface area contributed by atoms with E-state index < -0.39 is 0 Å². The fourth-order valence-corrected chi connectivity index (χ4v) is 1.92. The van der Waals surface area contributed by atoms with Gasteiger partial charge < -0.3 is 4.74 Å². The van der Waals surface area contributed by atoms with Gasteiger partial charge >= 0.3 is 12.0 Å². The highest BCUT2D eigenvalue weighted by Gasteiger charge is 2.37. The number of benzene rings is 1. The largest absolute Gasteiger partial charge is 0.691 e. The molecule has 17 heavy (non-hydrogen) atoms. The molecule has 1 aliphatic rings. The van der Waals surface area contributed by atoms with Crippen molar-refractivity contribution in [2.45, 2.75) is 0 Å².